The molecule has 2 aromatic rings. The molecule has 4 heteroatoms. The minimum Gasteiger partial charge on any atom is -0.481 e. The van der Waals surface area contributed by atoms with E-state index >= 15 is 0 Å². The maximum Gasteiger partial charge on any atom is 0.303 e. The maximum absolute atomic E-state index is 12.1. The van der Waals surface area contributed by atoms with Crippen molar-refractivity contribution in [2.75, 3.05) is 0 Å². The Morgan fingerprint density at radius 1 is 1.00 bits per heavy atom. The molecular weight excluding hydrogens is 278 g/mol. The predicted molar refractivity (Wildman–Crippen MR) is 85.7 cm³/mol. The van der Waals surface area contributed by atoms with E-state index in [4.69, 9.17) is 5.11 Å². The molecule has 0 radical (unpaired) electrons. The number of hydrogen-bond donors (Lipinski definition) is 2. The fourth-order valence-electron chi connectivity index (χ4n) is 2.16. The van der Waals surface area contributed by atoms with Crippen LogP contribution in [0.15, 0.2) is 54.6 Å². The van der Waals surface area contributed by atoms with Gasteiger partial charge in [0, 0.05) is 18.0 Å². The number of aliphatic carboxylic acids is 1. The van der Waals surface area contributed by atoms with Crippen molar-refractivity contribution in [2.45, 2.75) is 25.8 Å². The van der Waals surface area contributed by atoms with Gasteiger partial charge in [-0.05, 0) is 36.6 Å². The highest BCUT2D eigenvalue weighted by atomic mass is 16.4. The number of nitrogens with one attached hydrogen (secondary N) is 1. The van der Waals surface area contributed by atoms with Crippen molar-refractivity contribution in [3.63, 3.8) is 0 Å². The average molecular weight is 297 g/mol. The maximum atomic E-state index is 12.1. The molecule has 0 unspecified atom stereocenters. The van der Waals surface area contributed by atoms with Gasteiger partial charge in [-0.3, -0.25) is 9.59 Å². The van der Waals surface area contributed by atoms with Crippen molar-refractivity contribution in [3.05, 3.63) is 60.2 Å². The number of amides is 1. The molecule has 0 aliphatic heterocycles. The van der Waals surface area contributed by atoms with Crippen molar-refractivity contribution in [3.8, 4) is 11.1 Å². The molecule has 0 aliphatic carbocycles. The first kappa shape index (κ1) is 15.8. The second kappa shape index (κ2) is 7.41. The monoisotopic (exact) mass is 297 g/mol. The normalized spacial score (nSPS) is 11.7. The lowest BCUT2D eigenvalue weighted by atomic mass is 10.0. The van der Waals surface area contributed by atoms with Crippen LogP contribution >= 0.6 is 0 Å². The van der Waals surface area contributed by atoms with Gasteiger partial charge in [0.25, 0.3) is 5.91 Å². The molecule has 1 atom stereocenters. The average Bonchev–Trinajstić information content (AvgIpc) is 2.54. The number of carbonyl (C=O) groups excluding carboxylic acids is 1. The lowest BCUT2D eigenvalue weighted by Gasteiger charge is -2.13. The Balaban J connectivity index is 1.98. The first-order valence-corrected chi connectivity index (χ1v) is 7.24. The van der Waals surface area contributed by atoms with Crippen molar-refractivity contribution in [1.29, 1.82) is 0 Å². The Morgan fingerprint density at radius 2 is 1.59 bits per heavy atom. The summed E-state index contributed by atoms with van der Waals surface area (Å²) in [5, 5.41) is 11.4. The highest BCUT2D eigenvalue weighted by molar-refractivity contribution is 5.94. The molecule has 0 bridgehead atoms. The second-order valence-corrected chi connectivity index (χ2v) is 5.25. The second-order valence-electron chi connectivity index (χ2n) is 5.25. The highest BCUT2D eigenvalue weighted by Gasteiger charge is 2.11. The van der Waals surface area contributed by atoms with Crippen LogP contribution in [0.3, 0.4) is 0 Å². The minimum absolute atomic E-state index is 0.0500. The summed E-state index contributed by atoms with van der Waals surface area (Å²) in [6.45, 7) is 1.80. The van der Waals surface area contributed by atoms with Crippen LogP contribution in [0.25, 0.3) is 11.1 Å². The van der Waals surface area contributed by atoms with E-state index in [1.165, 1.54) is 0 Å². The molecule has 1 amide bonds. The highest BCUT2D eigenvalue weighted by Crippen LogP contribution is 2.19. The van der Waals surface area contributed by atoms with Gasteiger partial charge in [0.15, 0.2) is 0 Å². The number of rotatable bonds is 6. The number of carboxylic acid groups (broad SMARTS) is 1. The summed E-state index contributed by atoms with van der Waals surface area (Å²) in [6, 6.07) is 17.1. The van der Waals surface area contributed by atoms with E-state index in [0.29, 0.717) is 12.0 Å². The lowest BCUT2D eigenvalue weighted by molar-refractivity contribution is -0.137. The molecule has 0 fully saturated rings. The Bertz CT molecular complexity index is 635. The molecule has 2 rings (SSSR count). The van der Waals surface area contributed by atoms with Crippen LogP contribution in [0.2, 0.25) is 0 Å². The zero-order valence-electron chi connectivity index (χ0n) is 12.5. The van der Waals surface area contributed by atoms with Gasteiger partial charge in [-0.2, -0.15) is 0 Å². The van der Waals surface area contributed by atoms with E-state index in [9.17, 15) is 9.59 Å². The van der Waals surface area contributed by atoms with Crippen LogP contribution < -0.4 is 5.32 Å². The number of hydrogen-bond acceptors (Lipinski definition) is 2. The Morgan fingerprint density at radius 3 is 2.18 bits per heavy atom. The van der Waals surface area contributed by atoms with Gasteiger partial charge in [-0.15, -0.1) is 0 Å². The zero-order chi connectivity index (χ0) is 15.9. The summed E-state index contributed by atoms with van der Waals surface area (Å²) in [5.74, 6) is -1.04. The van der Waals surface area contributed by atoms with Gasteiger partial charge < -0.3 is 10.4 Å². The molecule has 0 saturated carbocycles. The van der Waals surface area contributed by atoms with Crippen molar-refractivity contribution < 1.29 is 14.7 Å². The van der Waals surface area contributed by atoms with E-state index in [0.717, 1.165) is 11.1 Å². The molecule has 2 N–H and O–H groups in total. The molecule has 2 aromatic carbocycles. The van der Waals surface area contributed by atoms with Crippen LogP contribution in [0.5, 0.6) is 0 Å². The molecule has 4 nitrogen and oxygen atoms in total. The minimum atomic E-state index is -0.853. The standard InChI is InChI=1S/C18H19NO3/c1-13(7-12-17(20)21)19-18(22)16-10-8-15(9-11-16)14-5-3-2-4-6-14/h2-6,8-11,13H,7,12H2,1H3,(H,19,22)(H,20,21)/t13-/m1/s1. The molecule has 0 saturated heterocycles. The number of carbonyl (C=O) groups is 2. The third-order valence-corrected chi connectivity index (χ3v) is 3.42. The SMILES string of the molecule is C[C@H](CCC(=O)O)NC(=O)c1ccc(-c2ccccc2)cc1. The van der Waals surface area contributed by atoms with Gasteiger partial charge >= 0.3 is 5.97 Å². The van der Waals surface area contributed by atoms with E-state index in [2.05, 4.69) is 5.32 Å². The van der Waals surface area contributed by atoms with Crippen molar-refractivity contribution in [1.82, 2.24) is 5.32 Å². The predicted octanol–water partition coefficient (Wildman–Crippen LogP) is 3.34. The third-order valence-electron chi connectivity index (χ3n) is 3.42. The van der Waals surface area contributed by atoms with Crippen LogP contribution in [0, 0.1) is 0 Å². The summed E-state index contributed by atoms with van der Waals surface area (Å²) in [6.07, 6.45) is 0.470. The van der Waals surface area contributed by atoms with Crippen molar-refractivity contribution in [2.24, 2.45) is 0 Å². The summed E-state index contributed by atoms with van der Waals surface area (Å²) >= 11 is 0. The number of carboxylic acids is 1. The topological polar surface area (TPSA) is 66.4 Å². The lowest BCUT2D eigenvalue weighted by Crippen LogP contribution is -2.32. The van der Waals surface area contributed by atoms with E-state index < -0.39 is 5.97 Å². The third kappa shape index (κ3) is 4.45. The largest absolute Gasteiger partial charge is 0.481 e. The van der Waals surface area contributed by atoms with Crippen LogP contribution in [0.4, 0.5) is 0 Å². The van der Waals surface area contributed by atoms with Gasteiger partial charge in [0.2, 0.25) is 0 Å². The van der Waals surface area contributed by atoms with Crippen LogP contribution in [0.1, 0.15) is 30.1 Å². The molecule has 0 heterocycles. The number of benzene rings is 2. The van der Waals surface area contributed by atoms with Gasteiger partial charge in [-0.25, -0.2) is 0 Å². The summed E-state index contributed by atoms with van der Waals surface area (Å²) in [4.78, 5) is 22.6. The first-order valence-electron chi connectivity index (χ1n) is 7.24. The molecule has 0 aromatic heterocycles. The van der Waals surface area contributed by atoms with Crippen LogP contribution in [-0.4, -0.2) is 23.0 Å². The molecule has 22 heavy (non-hydrogen) atoms. The van der Waals surface area contributed by atoms with Crippen molar-refractivity contribution >= 4 is 11.9 Å². The molecular formula is C18H19NO3. The van der Waals surface area contributed by atoms with Crippen LogP contribution in [-0.2, 0) is 4.79 Å². The van der Waals surface area contributed by atoms with E-state index in [1.54, 1.807) is 19.1 Å². The Hall–Kier alpha value is -2.62. The van der Waals surface area contributed by atoms with Gasteiger partial charge in [0.05, 0.1) is 0 Å². The first-order chi connectivity index (χ1) is 10.6. The van der Waals surface area contributed by atoms with E-state index in [1.807, 2.05) is 42.5 Å². The van der Waals surface area contributed by atoms with E-state index in [-0.39, 0.29) is 18.4 Å². The smallest absolute Gasteiger partial charge is 0.303 e. The fraction of sp³-hybridized carbons (Fsp3) is 0.222. The molecule has 114 valence electrons. The molecule has 0 spiro atoms. The Labute approximate surface area is 129 Å². The quantitative estimate of drug-likeness (QED) is 0.859. The summed E-state index contributed by atoms with van der Waals surface area (Å²) in [5.41, 5.74) is 2.72. The molecule has 0 aliphatic rings. The van der Waals surface area contributed by atoms with Gasteiger partial charge in [0.1, 0.15) is 0 Å². The summed E-state index contributed by atoms with van der Waals surface area (Å²) in [7, 11) is 0. The van der Waals surface area contributed by atoms with Gasteiger partial charge in [-0.1, -0.05) is 42.5 Å². The fourth-order valence-corrected chi connectivity index (χ4v) is 2.16. The summed E-state index contributed by atoms with van der Waals surface area (Å²) < 4.78 is 0. The Kier molecular flexibility index (Phi) is 5.31. The zero-order valence-corrected chi connectivity index (χ0v) is 12.5.